The van der Waals surface area contributed by atoms with Crippen LogP contribution in [0.4, 0.5) is 24.8 Å². The number of anilines is 2. The van der Waals surface area contributed by atoms with Crippen LogP contribution in [0.2, 0.25) is 0 Å². The number of alkyl halides is 3. The smallest absolute Gasteiger partial charge is 0.439 e. The summed E-state index contributed by atoms with van der Waals surface area (Å²) in [6.45, 7) is 1.98. The van der Waals surface area contributed by atoms with Crippen molar-refractivity contribution in [2.45, 2.75) is 13.3 Å². The van der Waals surface area contributed by atoms with E-state index in [1.807, 2.05) is 31.2 Å². The third-order valence-corrected chi connectivity index (χ3v) is 3.90. The molecule has 0 saturated carbocycles. The number of hydrogen-bond donors (Lipinski definition) is 2. The summed E-state index contributed by atoms with van der Waals surface area (Å²) in [5.41, 5.74) is 2.60. The predicted octanol–water partition coefficient (Wildman–Crippen LogP) is 5.00. The first kappa shape index (κ1) is 20.1. The number of H-pyrrole nitrogens is 1. The summed E-state index contributed by atoms with van der Waals surface area (Å²) < 4.78 is 46.2. The van der Waals surface area contributed by atoms with E-state index in [9.17, 15) is 13.2 Å². The van der Waals surface area contributed by atoms with Crippen molar-refractivity contribution in [2.75, 3.05) is 5.32 Å². The molecule has 4 aromatic rings. The van der Waals surface area contributed by atoms with Gasteiger partial charge in [0.2, 0.25) is 11.8 Å². The maximum absolute atomic E-state index is 12.3. The van der Waals surface area contributed by atoms with Crippen LogP contribution in [-0.2, 0) is 0 Å². The second-order valence-electron chi connectivity index (χ2n) is 6.36. The van der Waals surface area contributed by atoms with E-state index in [1.54, 1.807) is 24.3 Å². The van der Waals surface area contributed by atoms with Gasteiger partial charge in [0, 0.05) is 23.5 Å². The Morgan fingerprint density at radius 3 is 2.65 bits per heavy atom. The maximum Gasteiger partial charge on any atom is 0.575 e. The highest BCUT2D eigenvalue weighted by Gasteiger charge is 2.32. The van der Waals surface area contributed by atoms with Crippen LogP contribution < -0.4 is 14.8 Å². The molecule has 2 N–H and O–H groups in total. The van der Waals surface area contributed by atoms with Gasteiger partial charge in [-0.15, -0.1) is 18.3 Å². The monoisotopic (exact) mass is 428 g/mol. The van der Waals surface area contributed by atoms with Crippen LogP contribution >= 0.6 is 0 Å². The normalized spacial score (nSPS) is 11.2. The average Bonchev–Trinajstić information content (AvgIpc) is 3.16. The molecule has 0 saturated heterocycles. The topological polar surface area (TPSA) is 97.8 Å². The molecule has 0 spiro atoms. The quantitative estimate of drug-likeness (QED) is 0.446. The minimum Gasteiger partial charge on any atom is -0.439 e. The molecule has 0 amide bonds. The molecular formula is C20H15F3N6O2. The second kappa shape index (κ2) is 8.30. The van der Waals surface area contributed by atoms with Gasteiger partial charge in [0.1, 0.15) is 5.75 Å². The minimum absolute atomic E-state index is 0.106. The van der Waals surface area contributed by atoms with Crippen molar-refractivity contribution in [3.63, 3.8) is 0 Å². The zero-order chi connectivity index (χ0) is 21.8. The van der Waals surface area contributed by atoms with Crippen LogP contribution in [0.3, 0.4) is 0 Å². The van der Waals surface area contributed by atoms with Crippen LogP contribution in [0, 0.1) is 6.92 Å². The Labute approximate surface area is 174 Å². The highest BCUT2D eigenvalue weighted by molar-refractivity contribution is 5.61. The molecule has 11 heteroatoms. The third-order valence-electron chi connectivity index (χ3n) is 3.90. The molecule has 2 aromatic heterocycles. The number of rotatable bonds is 6. The van der Waals surface area contributed by atoms with E-state index in [1.165, 1.54) is 6.07 Å². The predicted molar refractivity (Wildman–Crippen MR) is 105 cm³/mol. The summed E-state index contributed by atoms with van der Waals surface area (Å²) in [6, 6.07) is 15.0. The van der Waals surface area contributed by atoms with E-state index < -0.39 is 12.4 Å². The van der Waals surface area contributed by atoms with Crippen molar-refractivity contribution in [3.8, 4) is 29.0 Å². The highest BCUT2D eigenvalue weighted by Crippen LogP contribution is 2.27. The zero-order valence-electron chi connectivity index (χ0n) is 16.0. The number of aromatic amines is 1. The Morgan fingerprint density at radius 1 is 1.00 bits per heavy atom. The molecule has 8 nitrogen and oxygen atoms in total. The summed E-state index contributed by atoms with van der Waals surface area (Å²) in [5, 5.41) is 10.1. The highest BCUT2D eigenvalue weighted by atomic mass is 19.4. The Hall–Kier alpha value is -4.15. The molecular weight excluding hydrogens is 413 g/mol. The van der Waals surface area contributed by atoms with Crippen molar-refractivity contribution in [1.82, 2.24) is 25.1 Å². The lowest BCUT2D eigenvalue weighted by atomic mass is 10.2. The fraction of sp³-hybridized carbons (Fsp3) is 0.100. The van der Waals surface area contributed by atoms with Gasteiger partial charge in [-0.05, 0) is 36.8 Å². The van der Waals surface area contributed by atoms with E-state index in [4.69, 9.17) is 4.74 Å². The lowest BCUT2D eigenvalue weighted by Crippen LogP contribution is -2.18. The van der Waals surface area contributed by atoms with Crippen molar-refractivity contribution in [3.05, 3.63) is 66.4 Å². The number of benzene rings is 2. The molecule has 2 heterocycles. The van der Waals surface area contributed by atoms with Crippen molar-refractivity contribution < 1.29 is 22.6 Å². The molecule has 2 aromatic carbocycles. The van der Waals surface area contributed by atoms with Gasteiger partial charge in [-0.2, -0.15) is 9.97 Å². The van der Waals surface area contributed by atoms with Gasteiger partial charge < -0.3 is 14.8 Å². The van der Waals surface area contributed by atoms with Gasteiger partial charge in [0.15, 0.2) is 5.82 Å². The van der Waals surface area contributed by atoms with Crippen LogP contribution in [0.1, 0.15) is 5.56 Å². The number of halogens is 3. The largest absolute Gasteiger partial charge is 0.575 e. The van der Waals surface area contributed by atoms with Crippen molar-refractivity contribution in [2.24, 2.45) is 0 Å². The fourth-order valence-corrected chi connectivity index (χ4v) is 2.66. The zero-order valence-corrected chi connectivity index (χ0v) is 16.0. The summed E-state index contributed by atoms with van der Waals surface area (Å²) >= 11 is 0. The summed E-state index contributed by atoms with van der Waals surface area (Å²) in [6.07, 6.45) is -3.79. The maximum atomic E-state index is 12.3. The third kappa shape index (κ3) is 5.47. The number of aromatic nitrogens is 5. The lowest BCUT2D eigenvalue weighted by Gasteiger charge is -2.09. The Kier molecular flexibility index (Phi) is 5.39. The number of ether oxygens (including phenoxy) is 2. The first-order valence-corrected chi connectivity index (χ1v) is 8.97. The summed E-state index contributed by atoms with van der Waals surface area (Å²) in [7, 11) is 0. The first-order chi connectivity index (χ1) is 14.8. The fourth-order valence-electron chi connectivity index (χ4n) is 2.66. The molecule has 0 fully saturated rings. The molecule has 158 valence electrons. The number of hydrogen-bond acceptors (Lipinski definition) is 7. The Balaban J connectivity index is 1.49. The average molecular weight is 428 g/mol. The first-order valence-electron chi connectivity index (χ1n) is 8.97. The molecule has 0 aliphatic heterocycles. The Bertz CT molecular complexity index is 1200. The van der Waals surface area contributed by atoms with E-state index in [2.05, 4.69) is 35.2 Å². The van der Waals surface area contributed by atoms with E-state index in [0.717, 1.165) is 17.4 Å². The molecule has 0 unspecified atom stereocenters. The van der Waals surface area contributed by atoms with Crippen LogP contribution in [-0.4, -0.2) is 31.5 Å². The van der Waals surface area contributed by atoms with Crippen molar-refractivity contribution >= 4 is 11.6 Å². The minimum atomic E-state index is -4.89. The molecule has 4 rings (SSSR count). The SMILES string of the molecule is Cc1cccc(Nc2n[nH]c(-c3cccc(Oc4ccnc(OC(F)(F)F)n4)c3)n2)c1. The van der Waals surface area contributed by atoms with E-state index in [0.29, 0.717) is 23.1 Å². The number of nitrogens with zero attached hydrogens (tertiary/aromatic N) is 4. The molecule has 0 aliphatic rings. The van der Waals surface area contributed by atoms with Gasteiger partial charge in [0.25, 0.3) is 0 Å². The van der Waals surface area contributed by atoms with Gasteiger partial charge >= 0.3 is 12.4 Å². The standard InChI is InChI=1S/C20H15F3N6O2/c1-12-4-2-6-14(10-12)25-18-27-17(28-29-18)13-5-3-7-15(11-13)30-16-8-9-24-19(26-16)31-20(21,22)23/h2-11H,1H3,(H2,25,27,28,29). The van der Waals surface area contributed by atoms with Gasteiger partial charge in [-0.25, -0.2) is 4.98 Å². The van der Waals surface area contributed by atoms with Crippen LogP contribution in [0.25, 0.3) is 11.4 Å². The van der Waals surface area contributed by atoms with Crippen molar-refractivity contribution in [1.29, 1.82) is 0 Å². The second-order valence-corrected chi connectivity index (χ2v) is 6.36. The molecule has 0 bridgehead atoms. The molecule has 31 heavy (non-hydrogen) atoms. The van der Waals surface area contributed by atoms with Gasteiger partial charge in [-0.1, -0.05) is 24.3 Å². The van der Waals surface area contributed by atoms with E-state index in [-0.39, 0.29) is 5.88 Å². The lowest BCUT2D eigenvalue weighted by molar-refractivity contribution is -0.277. The molecule has 0 atom stereocenters. The summed E-state index contributed by atoms with van der Waals surface area (Å²) in [4.78, 5) is 11.4. The van der Waals surface area contributed by atoms with Crippen LogP contribution in [0.15, 0.2) is 60.8 Å². The summed E-state index contributed by atoms with van der Waals surface area (Å²) in [5.74, 6) is 1.09. The number of aryl methyl sites for hydroxylation is 1. The number of nitrogens with one attached hydrogen (secondary N) is 2. The van der Waals surface area contributed by atoms with E-state index >= 15 is 0 Å². The Morgan fingerprint density at radius 2 is 1.84 bits per heavy atom. The van der Waals surface area contributed by atoms with Crippen LogP contribution in [0.5, 0.6) is 17.6 Å². The molecule has 0 radical (unpaired) electrons. The molecule has 0 aliphatic carbocycles. The van der Waals surface area contributed by atoms with Gasteiger partial charge in [-0.3, -0.25) is 5.10 Å². The van der Waals surface area contributed by atoms with Gasteiger partial charge in [0.05, 0.1) is 0 Å².